The van der Waals surface area contributed by atoms with E-state index < -0.39 is 17.7 Å². The number of carbonyl (C=O) groups is 2. The monoisotopic (exact) mass is 486 g/mol. The normalized spacial score (nSPS) is 16.8. The van der Waals surface area contributed by atoms with Crippen molar-refractivity contribution in [1.29, 1.82) is 0 Å². The molecule has 2 heterocycles. The first-order valence-corrected chi connectivity index (χ1v) is 12.2. The average molecular weight is 487 g/mol. The number of anilines is 1. The first-order valence-electron chi connectivity index (χ1n) is 12.2. The Labute approximate surface area is 211 Å². The van der Waals surface area contributed by atoms with Crippen molar-refractivity contribution < 1.29 is 24.2 Å². The average Bonchev–Trinajstić information content (AvgIpc) is 3.18. The molecule has 1 unspecified atom stereocenters. The zero-order valence-corrected chi connectivity index (χ0v) is 20.5. The highest BCUT2D eigenvalue weighted by atomic mass is 16.5. The largest absolute Gasteiger partial charge is 0.507 e. The quantitative estimate of drug-likeness (QED) is 0.172. The van der Waals surface area contributed by atoms with Gasteiger partial charge in [-0.3, -0.25) is 19.5 Å². The van der Waals surface area contributed by atoms with Gasteiger partial charge in [-0.15, -0.1) is 0 Å². The summed E-state index contributed by atoms with van der Waals surface area (Å²) in [5.41, 5.74) is 1.64. The van der Waals surface area contributed by atoms with Crippen LogP contribution in [0.15, 0.2) is 78.6 Å². The van der Waals surface area contributed by atoms with E-state index in [0.717, 1.165) is 19.3 Å². The summed E-state index contributed by atoms with van der Waals surface area (Å²) in [7, 11) is 0. The molecule has 1 fully saturated rings. The summed E-state index contributed by atoms with van der Waals surface area (Å²) in [6.45, 7) is 5.16. The predicted molar refractivity (Wildman–Crippen MR) is 138 cm³/mol. The number of nitrogens with zero attached hydrogens (tertiary/aromatic N) is 2. The maximum absolute atomic E-state index is 13.3. The number of hydrogen-bond acceptors (Lipinski definition) is 6. The minimum atomic E-state index is -0.809. The smallest absolute Gasteiger partial charge is 0.300 e. The summed E-state index contributed by atoms with van der Waals surface area (Å²) < 4.78 is 11.3. The summed E-state index contributed by atoms with van der Waals surface area (Å²) in [5, 5.41) is 11.3. The molecule has 1 aromatic heterocycles. The number of rotatable bonds is 10. The van der Waals surface area contributed by atoms with Gasteiger partial charge in [0.2, 0.25) is 0 Å². The highest BCUT2D eigenvalue weighted by molar-refractivity contribution is 6.51. The molecule has 0 saturated carbocycles. The van der Waals surface area contributed by atoms with Gasteiger partial charge >= 0.3 is 0 Å². The van der Waals surface area contributed by atoms with Gasteiger partial charge < -0.3 is 14.6 Å². The molecule has 1 aliphatic heterocycles. The van der Waals surface area contributed by atoms with Crippen LogP contribution in [0.25, 0.3) is 5.76 Å². The second-order valence-electron chi connectivity index (χ2n) is 8.46. The number of ketones is 1. The van der Waals surface area contributed by atoms with Crippen LogP contribution < -0.4 is 14.4 Å². The maximum atomic E-state index is 13.3. The van der Waals surface area contributed by atoms with Crippen LogP contribution in [0.3, 0.4) is 0 Å². The van der Waals surface area contributed by atoms with Crippen molar-refractivity contribution in [2.24, 2.45) is 0 Å². The van der Waals surface area contributed by atoms with Gasteiger partial charge in [0.25, 0.3) is 11.7 Å². The van der Waals surface area contributed by atoms with Crippen molar-refractivity contribution in [3.05, 3.63) is 89.8 Å². The molecule has 3 aromatic rings. The van der Waals surface area contributed by atoms with Crippen LogP contribution in [-0.2, 0) is 9.59 Å². The van der Waals surface area contributed by atoms with E-state index in [1.807, 2.05) is 6.92 Å². The summed E-state index contributed by atoms with van der Waals surface area (Å²) in [4.78, 5) is 32.0. The van der Waals surface area contributed by atoms with Crippen molar-refractivity contribution in [3.63, 3.8) is 0 Å². The number of hydrogen-bond donors (Lipinski definition) is 1. The van der Waals surface area contributed by atoms with Crippen LogP contribution in [0.2, 0.25) is 0 Å². The Bertz CT molecular complexity index is 1220. The van der Waals surface area contributed by atoms with Gasteiger partial charge in [-0.25, -0.2) is 0 Å². The second kappa shape index (κ2) is 11.5. The van der Waals surface area contributed by atoms with E-state index in [1.165, 1.54) is 4.90 Å². The van der Waals surface area contributed by atoms with E-state index >= 15 is 0 Å². The summed E-state index contributed by atoms with van der Waals surface area (Å²) in [6.07, 6.45) is 6.38. The fourth-order valence-electron chi connectivity index (χ4n) is 4.24. The standard InChI is InChI=1S/C29H30N2O5/c1-3-5-6-19-36-24-11-7-21(8-12-24)27(32)25-26(20-15-17-30-18-16-20)31(29(34)28(25)33)22-9-13-23(14-10-22)35-4-2/h7-18,26,32H,3-6,19H2,1-2H3/b27-25-. The third-order valence-corrected chi connectivity index (χ3v) is 6.04. The third kappa shape index (κ3) is 5.25. The lowest BCUT2D eigenvalue weighted by atomic mass is 9.95. The second-order valence-corrected chi connectivity index (χ2v) is 8.46. The van der Waals surface area contributed by atoms with Crippen molar-refractivity contribution in [2.75, 3.05) is 18.1 Å². The third-order valence-electron chi connectivity index (χ3n) is 6.04. The molecule has 1 amide bonds. The van der Waals surface area contributed by atoms with E-state index in [9.17, 15) is 14.7 Å². The van der Waals surface area contributed by atoms with Gasteiger partial charge in [0.05, 0.1) is 24.8 Å². The maximum Gasteiger partial charge on any atom is 0.300 e. The molecule has 1 atom stereocenters. The van der Waals surface area contributed by atoms with E-state index in [2.05, 4.69) is 11.9 Å². The molecule has 1 saturated heterocycles. The number of aromatic nitrogens is 1. The van der Waals surface area contributed by atoms with Crippen LogP contribution in [0.1, 0.15) is 50.3 Å². The lowest BCUT2D eigenvalue weighted by Crippen LogP contribution is -2.29. The Hall–Kier alpha value is -4.13. The molecule has 0 radical (unpaired) electrons. The van der Waals surface area contributed by atoms with Gasteiger partial charge in [-0.1, -0.05) is 19.8 Å². The number of amides is 1. The molecule has 2 aromatic carbocycles. The van der Waals surface area contributed by atoms with Crippen molar-refractivity contribution in [1.82, 2.24) is 4.98 Å². The molecular weight excluding hydrogens is 456 g/mol. The van der Waals surface area contributed by atoms with Crippen molar-refractivity contribution >= 4 is 23.1 Å². The fourth-order valence-corrected chi connectivity index (χ4v) is 4.24. The van der Waals surface area contributed by atoms with E-state index in [4.69, 9.17) is 9.47 Å². The van der Waals surface area contributed by atoms with Crippen LogP contribution in [-0.4, -0.2) is 35.0 Å². The SMILES string of the molecule is CCCCCOc1ccc(/C(O)=C2/C(=O)C(=O)N(c3ccc(OCC)cc3)C2c2ccncc2)cc1. The minimum absolute atomic E-state index is 0.0247. The van der Waals surface area contributed by atoms with Gasteiger partial charge in [0.15, 0.2) is 0 Å². The molecule has 1 N–H and O–H groups in total. The van der Waals surface area contributed by atoms with Crippen molar-refractivity contribution in [3.8, 4) is 11.5 Å². The number of benzene rings is 2. The van der Waals surface area contributed by atoms with Gasteiger partial charge in [-0.2, -0.15) is 0 Å². The number of Topliss-reactive ketones (excluding diaryl/α,β-unsaturated/α-hetero) is 1. The van der Waals surface area contributed by atoms with Crippen molar-refractivity contribution in [2.45, 2.75) is 39.2 Å². The Balaban J connectivity index is 1.71. The molecule has 7 nitrogen and oxygen atoms in total. The van der Waals surface area contributed by atoms with Crippen LogP contribution in [0.4, 0.5) is 5.69 Å². The Morgan fingerprint density at radius 2 is 1.53 bits per heavy atom. The highest BCUT2D eigenvalue weighted by Gasteiger charge is 2.46. The number of ether oxygens (including phenoxy) is 2. The summed E-state index contributed by atoms with van der Waals surface area (Å²) >= 11 is 0. The van der Waals surface area contributed by atoms with Gasteiger partial charge in [0, 0.05) is 23.6 Å². The molecule has 0 spiro atoms. The molecule has 4 rings (SSSR count). The summed E-state index contributed by atoms with van der Waals surface area (Å²) in [6, 6.07) is 16.5. The van der Waals surface area contributed by atoms with Gasteiger partial charge in [0.1, 0.15) is 17.3 Å². The first-order chi connectivity index (χ1) is 17.5. The number of unbranched alkanes of at least 4 members (excludes halogenated alkanes) is 2. The van der Waals surface area contributed by atoms with E-state index in [1.54, 1.807) is 73.1 Å². The molecular formula is C29H30N2O5. The molecule has 7 heteroatoms. The first kappa shape index (κ1) is 25.0. The van der Waals surface area contributed by atoms with Crippen LogP contribution in [0, 0.1) is 0 Å². The number of pyridine rings is 1. The topological polar surface area (TPSA) is 89.0 Å². The van der Waals surface area contributed by atoms with E-state index in [0.29, 0.717) is 41.5 Å². The Morgan fingerprint density at radius 1 is 0.889 bits per heavy atom. The Kier molecular flexibility index (Phi) is 8.00. The van der Waals surface area contributed by atoms with Gasteiger partial charge in [-0.05, 0) is 79.6 Å². The highest BCUT2D eigenvalue weighted by Crippen LogP contribution is 2.42. The molecule has 186 valence electrons. The lowest BCUT2D eigenvalue weighted by Gasteiger charge is -2.25. The number of carbonyl (C=O) groups excluding carboxylic acids is 2. The number of aliphatic hydroxyl groups is 1. The van der Waals surface area contributed by atoms with Crippen LogP contribution in [0.5, 0.6) is 11.5 Å². The number of aliphatic hydroxyl groups excluding tert-OH is 1. The Morgan fingerprint density at radius 3 is 2.17 bits per heavy atom. The summed E-state index contributed by atoms with van der Waals surface area (Å²) in [5.74, 6) is -0.346. The van der Waals surface area contributed by atoms with E-state index in [-0.39, 0.29) is 11.3 Å². The molecule has 0 bridgehead atoms. The zero-order valence-electron chi connectivity index (χ0n) is 20.5. The fraction of sp³-hybridized carbons (Fsp3) is 0.276. The zero-order chi connectivity index (χ0) is 25.5. The minimum Gasteiger partial charge on any atom is -0.507 e. The lowest BCUT2D eigenvalue weighted by molar-refractivity contribution is -0.132. The van der Waals surface area contributed by atoms with Crippen LogP contribution >= 0.6 is 0 Å². The molecule has 36 heavy (non-hydrogen) atoms. The predicted octanol–water partition coefficient (Wildman–Crippen LogP) is 5.68. The molecule has 0 aliphatic carbocycles. The molecule has 1 aliphatic rings.